The minimum atomic E-state index is -1.51. The maximum atomic E-state index is 15.2. The maximum Gasteiger partial charge on any atom is 0.341 e. The first-order valence-corrected chi connectivity index (χ1v) is 11.8. The number of aromatic nitrogens is 1. The lowest BCUT2D eigenvalue weighted by atomic mass is 9.95. The fourth-order valence-electron chi connectivity index (χ4n) is 3.85. The molecular weight excluding hydrogens is 532 g/mol. The minimum Gasteiger partial charge on any atom is -0.477 e. The van der Waals surface area contributed by atoms with Crippen LogP contribution in [0.15, 0.2) is 47.3 Å². The highest BCUT2D eigenvalue weighted by Crippen LogP contribution is 2.35. The number of esters is 1. The molecule has 36 heavy (non-hydrogen) atoms. The van der Waals surface area contributed by atoms with Gasteiger partial charge in [0.25, 0.3) is 0 Å². The van der Waals surface area contributed by atoms with Crippen LogP contribution in [0.5, 0.6) is 0 Å². The van der Waals surface area contributed by atoms with E-state index in [1.807, 2.05) is 0 Å². The van der Waals surface area contributed by atoms with Gasteiger partial charge in [-0.15, -0.1) is 0 Å². The van der Waals surface area contributed by atoms with Gasteiger partial charge in [-0.2, -0.15) is 0 Å². The lowest BCUT2D eigenvalue weighted by Gasteiger charge is -2.22. The van der Waals surface area contributed by atoms with Gasteiger partial charge in [-0.25, -0.2) is 14.0 Å². The fourth-order valence-corrected chi connectivity index (χ4v) is 4.38. The quantitative estimate of drug-likeness (QED) is 0.251. The molecule has 0 bridgehead atoms. The Morgan fingerprint density at radius 2 is 1.78 bits per heavy atom. The average molecular weight is 553 g/mol. The van der Waals surface area contributed by atoms with E-state index < -0.39 is 28.7 Å². The fraction of sp³-hybridized carbons (Fsp3) is 0.192. The largest absolute Gasteiger partial charge is 0.477 e. The highest BCUT2D eigenvalue weighted by molar-refractivity contribution is 6.42. The van der Waals surface area contributed by atoms with Gasteiger partial charge in [-0.3, -0.25) is 4.79 Å². The number of carboxylic acids is 1. The maximum absolute atomic E-state index is 15.2. The predicted octanol–water partition coefficient (Wildman–Crippen LogP) is 7.04. The molecule has 0 aliphatic rings. The third-order valence-electron chi connectivity index (χ3n) is 5.45. The van der Waals surface area contributed by atoms with E-state index in [0.717, 1.165) is 12.1 Å². The third kappa shape index (κ3) is 5.19. The van der Waals surface area contributed by atoms with Crippen molar-refractivity contribution in [3.8, 4) is 22.4 Å². The van der Waals surface area contributed by atoms with Crippen LogP contribution >= 0.6 is 34.8 Å². The molecule has 0 atom stereocenters. The summed E-state index contributed by atoms with van der Waals surface area (Å²) in [5.41, 5.74) is -0.924. The number of nitrogens with zero attached hydrogens (tertiary/aromatic N) is 1. The summed E-state index contributed by atoms with van der Waals surface area (Å²) in [5.74, 6) is -3.26. The Balaban J connectivity index is 2.37. The van der Waals surface area contributed by atoms with Gasteiger partial charge in [0, 0.05) is 23.4 Å². The summed E-state index contributed by atoms with van der Waals surface area (Å²) >= 11 is 18.2. The number of hydrogen-bond donors (Lipinski definition) is 1. The molecule has 2 aromatic carbocycles. The first kappa shape index (κ1) is 27.5. The SMILES string of the molecule is C=C(C)COC(=O)c1cc(-c2c(C)n(CC)c(-c3ccc(Cl)c(Cl)c3)c(C(=O)O)c2=O)c(F)cc1Cl. The molecule has 0 saturated heterocycles. The first-order valence-electron chi connectivity index (χ1n) is 10.7. The zero-order chi connectivity index (χ0) is 26.9. The Kier molecular flexibility index (Phi) is 8.29. The van der Waals surface area contributed by atoms with Gasteiger partial charge in [0.05, 0.1) is 31.9 Å². The summed E-state index contributed by atoms with van der Waals surface area (Å²) in [6, 6.07) is 6.46. The van der Waals surface area contributed by atoms with Crippen molar-refractivity contribution in [2.45, 2.75) is 27.3 Å². The Bertz CT molecular complexity index is 1480. The number of aromatic carboxylic acids is 1. The lowest BCUT2D eigenvalue weighted by molar-refractivity contribution is 0.0540. The zero-order valence-corrected chi connectivity index (χ0v) is 21.8. The van der Waals surface area contributed by atoms with Crippen molar-refractivity contribution >= 4 is 46.7 Å². The van der Waals surface area contributed by atoms with Gasteiger partial charge < -0.3 is 14.4 Å². The third-order valence-corrected chi connectivity index (χ3v) is 6.50. The average Bonchev–Trinajstić information content (AvgIpc) is 2.80. The van der Waals surface area contributed by atoms with E-state index in [1.54, 1.807) is 31.4 Å². The molecule has 0 radical (unpaired) electrons. The molecule has 10 heteroatoms. The van der Waals surface area contributed by atoms with E-state index in [0.29, 0.717) is 11.1 Å². The number of carbonyl (C=O) groups excluding carboxylic acids is 1. The molecule has 0 aliphatic carbocycles. The van der Waals surface area contributed by atoms with Crippen molar-refractivity contribution in [2.75, 3.05) is 6.61 Å². The molecule has 1 aromatic heterocycles. The van der Waals surface area contributed by atoms with E-state index in [2.05, 4.69) is 6.58 Å². The number of halogens is 4. The number of pyridine rings is 1. The van der Waals surface area contributed by atoms with Crippen LogP contribution < -0.4 is 5.43 Å². The smallest absolute Gasteiger partial charge is 0.341 e. The van der Waals surface area contributed by atoms with Crippen molar-refractivity contribution in [1.82, 2.24) is 4.57 Å². The van der Waals surface area contributed by atoms with Crippen molar-refractivity contribution in [2.24, 2.45) is 0 Å². The van der Waals surface area contributed by atoms with Crippen LogP contribution in [0.3, 0.4) is 0 Å². The number of benzene rings is 2. The number of rotatable bonds is 7. The van der Waals surface area contributed by atoms with E-state index in [9.17, 15) is 19.5 Å². The van der Waals surface area contributed by atoms with Crippen LogP contribution in [0.1, 0.15) is 40.3 Å². The molecule has 1 N–H and O–H groups in total. The Hall–Kier alpha value is -3.13. The van der Waals surface area contributed by atoms with Crippen LogP contribution in [-0.2, 0) is 11.3 Å². The molecule has 0 unspecified atom stereocenters. The highest BCUT2D eigenvalue weighted by Gasteiger charge is 2.28. The highest BCUT2D eigenvalue weighted by atomic mass is 35.5. The Labute approximate surface area is 221 Å². The molecule has 0 amide bonds. The van der Waals surface area contributed by atoms with Crippen LogP contribution in [0, 0.1) is 12.7 Å². The van der Waals surface area contributed by atoms with Gasteiger partial charge in [0.1, 0.15) is 18.0 Å². The number of ether oxygens (including phenoxy) is 1. The molecule has 0 spiro atoms. The minimum absolute atomic E-state index is 0.0783. The molecule has 3 rings (SSSR count). The van der Waals surface area contributed by atoms with Crippen molar-refractivity contribution in [3.05, 3.63) is 90.4 Å². The predicted molar refractivity (Wildman–Crippen MR) is 139 cm³/mol. The van der Waals surface area contributed by atoms with Crippen molar-refractivity contribution in [1.29, 1.82) is 0 Å². The summed E-state index contributed by atoms with van der Waals surface area (Å²) in [6.07, 6.45) is 0. The number of hydrogen-bond acceptors (Lipinski definition) is 4. The van der Waals surface area contributed by atoms with Crippen molar-refractivity contribution in [3.63, 3.8) is 0 Å². The van der Waals surface area contributed by atoms with Crippen LogP contribution in [0.4, 0.5) is 4.39 Å². The summed E-state index contributed by atoms with van der Waals surface area (Å²) in [5, 5.41) is 10.2. The van der Waals surface area contributed by atoms with E-state index in [1.165, 1.54) is 12.1 Å². The van der Waals surface area contributed by atoms with Gasteiger partial charge in [0.2, 0.25) is 5.43 Å². The molecule has 188 valence electrons. The molecule has 6 nitrogen and oxygen atoms in total. The second kappa shape index (κ2) is 10.9. The zero-order valence-electron chi connectivity index (χ0n) is 19.5. The second-order valence-electron chi connectivity index (χ2n) is 8.04. The summed E-state index contributed by atoms with van der Waals surface area (Å²) in [4.78, 5) is 38.5. The van der Waals surface area contributed by atoms with Gasteiger partial charge in [0.15, 0.2) is 0 Å². The van der Waals surface area contributed by atoms with Gasteiger partial charge >= 0.3 is 11.9 Å². The second-order valence-corrected chi connectivity index (χ2v) is 9.26. The summed E-state index contributed by atoms with van der Waals surface area (Å²) in [7, 11) is 0. The molecule has 3 aromatic rings. The monoisotopic (exact) mass is 551 g/mol. The van der Waals surface area contributed by atoms with Crippen LogP contribution in [0.25, 0.3) is 22.4 Å². The molecule has 0 fully saturated rings. The summed E-state index contributed by atoms with van der Waals surface area (Å²) in [6.45, 7) is 8.76. The molecule has 0 aliphatic heterocycles. The van der Waals surface area contributed by atoms with Gasteiger partial charge in [-0.1, -0.05) is 47.4 Å². The van der Waals surface area contributed by atoms with E-state index >= 15 is 4.39 Å². The normalized spacial score (nSPS) is 10.9. The number of carboxylic acid groups (broad SMARTS) is 1. The topological polar surface area (TPSA) is 85.6 Å². The van der Waals surface area contributed by atoms with Gasteiger partial charge in [-0.05, 0) is 50.6 Å². The van der Waals surface area contributed by atoms with Crippen LogP contribution in [-0.4, -0.2) is 28.2 Å². The van der Waals surface area contributed by atoms with E-state index in [-0.39, 0.29) is 56.3 Å². The molecular formula is C26H21Cl3FNO5. The standard InChI is InChI=1S/C26H21Cl3FNO5/c1-5-31-13(4)21(16-9-15(18(28)10-20(16)30)26(35)36-11-12(2)3)24(32)22(25(33)34)23(31)14-6-7-17(27)19(29)8-14/h6-10H,2,5,11H2,1,3-4H3,(H,33,34). The first-order chi connectivity index (χ1) is 16.9. The van der Waals surface area contributed by atoms with E-state index in [4.69, 9.17) is 39.5 Å². The Morgan fingerprint density at radius 3 is 2.33 bits per heavy atom. The lowest BCUT2D eigenvalue weighted by Crippen LogP contribution is -2.25. The Morgan fingerprint density at radius 1 is 1.11 bits per heavy atom. The number of carbonyl (C=O) groups is 2. The van der Waals surface area contributed by atoms with Crippen LogP contribution in [0.2, 0.25) is 15.1 Å². The molecule has 1 heterocycles. The summed E-state index contributed by atoms with van der Waals surface area (Å²) < 4.78 is 21.8. The molecule has 0 saturated carbocycles. The van der Waals surface area contributed by atoms with Crippen molar-refractivity contribution < 1.29 is 23.8 Å².